The van der Waals surface area contributed by atoms with Crippen LogP contribution in [0.5, 0.6) is 0 Å². The summed E-state index contributed by atoms with van der Waals surface area (Å²) >= 11 is 0. The second-order valence-corrected chi connectivity index (χ2v) is 5.62. The number of hydrogen-bond acceptors (Lipinski definition) is 4. The Balaban J connectivity index is 2.87. The molecule has 7 heteroatoms. The Morgan fingerprint density at radius 2 is 2.00 bits per heavy atom. The molecule has 1 N–H and O–H groups in total. The maximum absolute atomic E-state index is 12.3. The lowest BCUT2D eigenvalue weighted by molar-refractivity contribution is -0.143. The van der Waals surface area contributed by atoms with Crippen LogP contribution in [0.4, 0.5) is 4.79 Å². The zero-order chi connectivity index (χ0) is 16.2. The lowest BCUT2D eigenvalue weighted by Gasteiger charge is -2.30. The van der Waals surface area contributed by atoms with Gasteiger partial charge in [0, 0.05) is 13.2 Å². The van der Waals surface area contributed by atoms with E-state index >= 15 is 0 Å². The van der Waals surface area contributed by atoms with Crippen LogP contribution in [0.2, 0.25) is 0 Å². The van der Waals surface area contributed by atoms with Gasteiger partial charge < -0.3 is 14.7 Å². The third kappa shape index (κ3) is 4.94. The van der Waals surface area contributed by atoms with Crippen LogP contribution in [0.1, 0.15) is 20.8 Å². The summed E-state index contributed by atoms with van der Waals surface area (Å²) in [5.41, 5.74) is -0.679. The average Bonchev–Trinajstić information content (AvgIpc) is 2.49. The monoisotopic (exact) mass is 296 g/mol. The fraction of sp³-hybridized carbons (Fsp3) is 0.500. The number of carboxylic acid groups (broad SMARTS) is 1. The van der Waals surface area contributed by atoms with Crippen molar-refractivity contribution in [3.8, 4) is 0 Å². The molecule has 2 amide bonds. The Morgan fingerprint density at radius 3 is 2.52 bits per heavy atom. The minimum absolute atomic E-state index is 0.463. The molecule has 0 unspecified atom stereocenters. The summed E-state index contributed by atoms with van der Waals surface area (Å²) in [6.45, 7) is 4.71. The Bertz CT molecular complexity index is 490. The predicted octanol–water partition coefficient (Wildman–Crippen LogP) is 1.22. The molecule has 1 atom stereocenters. The van der Waals surface area contributed by atoms with Gasteiger partial charge in [-0.05, 0) is 26.8 Å². The van der Waals surface area contributed by atoms with E-state index in [-0.39, 0.29) is 0 Å². The van der Waals surface area contributed by atoms with Gasteiger partial charge in [-0.3, -0.25) is 14.5 Å². The molecule has 0 spiro atoms. The summed E-state index contributed by atoms with van der Waals surface area (Å²) in [6, 6.07) is -0.908. The molecule has 0 saturated carbocycles. The Kier molecular flexibility index (Phi) is 5.12. The van der Waals surface area contributed by atoms with Crippen LogP contribution in [-0.2, 0) is 14.3 Å². The van der Waals surface area contributed by atoms with Crippen molar-refractivity contribution in [3.63, 3.8) is 0 Å². The molecule has 21 heavy (non-hydrogen) atoms. The zero-order valence-corrected chi connectivity index (χ0v) is 12.6. The van der Waals surface area contributed by atoms with E-state index in [9.17, 15) is 14.4 Å². The Hall–Kier alpha value is -2.31. The number of nitrogens with zero attached hydrogens (tertiary/aromatic N) is 2. The fourth-order valence-electron chi connectivity index (χ4n) is 1.67. The van der Waals surface area contributed by atoms with E-state index in [4.69, 9.17) is 9.84 Å². The molecule has 0 fully saturated rings. The van der Waals surface area contributed by atoms with Crippen molar-refractivity contribution >= 4 is 18.0 Å². The normalized spacial score (nSPS) is 18.4. The SMILES string of the molecule is CN(C(=O)OC(C)(C)C)[C@H]1C=CC=CN(CC(=O)O)C1=O. The molecular formula is C14H20N2O5. The topological polar surface area (TPSA) is 87.2 Å². The Morgan fingerprint density at radius 1 is 1.38 bits per heavy atom. The van der Waals surface area contributed by atoms with Crippen LogP contribution in [0, 0.1) is 0 Å². The highest BCUT2D eigenvalue weighted by atomic mass is 16.6. The molecule has 7 nitrogen and oxygen atoms in total. The van der Waals surface area contributed by atoms with E-state index in [1.165, 1.54) is 19.3 Å². The van der Waals surface area contributed by atoms with Crippen molar-refractivity contribution in [1.82, 2.24) is 9.80 Å². The lowest BCUT2D eigenvalue weighted by atomic mass is 10.2. The van der Waals surface area contributed by atoms with Crippen LogP contribution >= 0.6 is 0 Å². The lowest BCUT2D eigenvalue weighted by Crippen LogP contribution is -2.48. The van der Waals surface area contributed by atoms with E-state index in [0.29, 0.717) is 0 Å². The highest BCUT2D eigenvalue weighted by Gasteiger charge is 2.32. The van der Waals surface area contributed by atoms with Gasteiger partial charge in [-0.2, -0.15) is 0 Å². The smallest absolute Gasteiger partial charge is 0.410 e. The summed E-state index contributed by atoms with van der Waals surface area (Å²) in [5, 5.41) is 8.81. The Labute approximate surface area is 123 Å². The van der Waals surface area contributed by atoms with Gasteiger partial charge in [0.05, 0.1) is 0 Å². The standard InChI is InChI=1S/C14H20N2O5/c1-14(2,3)21-13(20)15(4)10-7-5-6-8-16(12(10)19)9-11(17)18/h5-8,10H,9H2,1-4H3,(H,17,18)/t10-/m0/s1. The van der Waals surface area contributed by atoms with Crippen LogP contribution in [0.25, 0.3) is 0 Å². The number of carboxylic acids is 1. The van der Waals surface area contributed by atoms with Crippen molar-refractivity contribution in [2.45, 2.75) is 32.4 Å². The first kappa shape index (κ1) is 16.7. The number of allylic oxidation sites excluding steroid dienone is 2. The number of carbonyl (C=O) groups is 3. The number of aliphatic carboxylic acids is 1. The molecule has 0 radical (unpaired) electrons. The first-order chi connectivity index (χ1) is 9.61. The molecular weight excluding hydrogens is 276 g/mol. The van der Waals surface area contributed by atoms with Gasteiger partial charge >= 0.3 is 12.1 Å². The van der Waals surface area contributed by atoms with Crippen molar-refractivity contribution in [2.75, 3.05) is 13.6 Å². The molecule has 0 aliphatic carbocycles. The van der Waals surface area contributed by atoms with Crippen LogP contribution in [-0.4, -0.2) is 58.1 Å². The molecule has 0 aromatic heterocycles. The molecule has 1 aliphatic heterocycles. The number of rotatable bonds is 3. The van der Waals surface area contributed by atoms with Gasteiger partial charge in [-0.25, -0.2) is 4.79 Å². The summed E-state index contributed by atoms with van der Waals surface area (Å²) in [6.07, 6.45) is 5.37. The minimum atomic E-state index is -1.13. The van der Waals surface area contributed by atoms with Crippen LogP contribution in [0.15, 0.2) is 24.4 Å². The van der Waals surface area contributed by atoms with Gasteiger partial charge in [-0.15, -0.1) is 0 Å². The van der Waals surface area contributed by atoms with E-state index in [1.54, 1.807) is 32.9 Å². The largest absolute Gasteiger partial charge is 0.480 e. The number of ether oxygens (including phenoxy) is 1. The third-order valence-corrected chi connectivity index (χ3v) is 2.61. The highest BCUT2D eigenvalue weighted by Crippen LogP contribution is 2.14. The average molecular weight is 296 g/mol. The highest BCUT2D eigenvalue weighted by molar-refractivity contribution is 5.90. The maximum atomic E-state index is 12.3. The van der Waals surface area contributed by atoms with Crippen molar-refractivity contribution in [3.05, 3.63) is 24.4 Å². The van der Waals surface area contributed by atoms with E-state index in [1.807, 2.05) is 0 Å². The molecule has 0 aromatic rings. The van der Waals surface area contributed by atoms with Crippen molar-refractivity contribution < 1.29 is 24.2 Å². The molecule has 116 valence electrons. The fourth-order valence-corrected chi connectivity index (χ4v) is 1.67. The predicted molar refractivity (Wildman–Crippen MR) is 75.4 cm³/mol. The second kappa shape index (κ2) is 6.43. The zero-order valence-electron chi connectivity index (χ0n) is 12.6. The van der Waals surface area contributed by atoms with Crippen molar-refractivity contribution in [2.24, 2.45) is 0 Å². The summed E-state index contributed by atoms with van der Waals surface area (Å²) < 4.78 is 5.20. The molecule has 1 heterocycles. The molecule has 0 bridgehead atoms. The third-order valence-electron chi connectivity index (χ3n) is 2.61. The second-order valence-electron chi connectivity index (χ2n) is 5.62. The van der Waals surface area contributed by atoms with E-state index < -0.39 is 36.2 Å². The van der Waals surface area contributed by atoms with Crippen LogP contribution < -0.4 is 0 Å². The van der Waals surface area contributed by atoms with Crippen molar-refractivity contribution in [1.29, 1.82) is 0 Å². The molecule has 1 rings (SSSR count). The quantitative estimate of drug-likeness (QED) is 0.846. The van der Waals surface area contributed by atoms with Gasteiger partial charge in [0.2, 0.25) is 0 Å². The molecule has 0 aromatic carbocycles. The summed E-state index contributed by atoms with van der Waals surface area (Å²) in [4.78, 5) is 37.3. The number of hydrogen-bond donors (Lipinski definition) is 1. The van der Waals surface area contributed by atoms with Crippen LogP contribution in [0.3, 0.4) is 0 Å². The number of likely N-dealkylation sites (N-methyl/N-ethyl adjacent to an activating group) is 1. The maximum Gasteiger partial charge on any atom is 0.410 e. The minimum Gasteiger partial charge on any atom is -0.480 e. The number of amides is 2. The summed E-state index contributed by atoms with van der Waals surface area (Å²) in [5.74, 6) is -1.63. The first-order valence-corrected chi connectivity index (χ1v) is 6.45. The number of carbonyl (C=O) groups excluding carboxylic acids is 2. The van der Waals surface area contributed by atoms with E-state index in [0.717, 1.165) is 9.80 Å². The molecule has 1 aliphatic rings. The molecule has 0 saturated heterocycles. The summed E-state index contributed by atoms with van der Waals surface area (Å²) in [7, 11) is 1.44. The van der Waals surface area contributed by atoms with Gasteiger partial charge in [0.1, 0.15) is 18.2 Å². The van der Waals surface area contributed by atoms with Gasteiger partial charge in [0.15, 0.2) is 0 Å². The van der Waals surface area contributed by atoms with Gasteiger partial charge in [0.25, 0.3) is 5.91 Å². The van der Waals surface area contributed by atoms with E-state index in [2.05, 4.69) is 0 Å². The first-order valence-electron chi connectivity index (χ1n) is 6.45. The van der Waals surface area contributed by atoms with Gasteiger partial charge in [-0.1, -0.05) is 12.2 Å².